The summed E-state index contributed by atoms with van der Waals surface area (Å²) in [4.78, 5) is 44.2. The number of carbonyl (C=O) groups is 2. The molecule has 32 heavy (non-hydrogen) atoms. The van der Waals surface area contributed by atoms with Gasteiger partial charge in [-0.25, -0.2) is 4.98 Å². The molecule has 1 fully saturated rings. The van der Waals surface area contributed by atoms with Crippen LogP contribution in [0.1, 0.15) is 30.1 Å². The van der Waals surface area contributed by atoms with Gasteiger partial charge in [0.1, 0.15) is 0 Å². The molecule has 2 aromatic carbocycles. The Morgan fingerprint density at radius 1 is 1.09 bits per heavy atom. The van der Waals surface area contributed by atoms with Crippen molar-refractivity contribution in [2.75, 3.05) is 18.5 Å². The van der Waals surface area contributed by atoms with Gasteiger partial charge < -0.3 is 4.90 Å². The van der Waals surface area contributed by atoms with Gasteiger partial charge in [0.2, 0.25) is 11.9 Å². The minimum atomic E-state index is -0.237. The number of nitrogens with zero attached hydrogens (tertiary/aromatic N) is 3. The number of nitrogens with one attached hydrogen (secondary N) is 2. The van der Waals surface area contributed by atoms with Crippen LogP contribution in [0, 0.1) is 5.92 Å². The summed E-state index contributed by atoms with van der Waals surface area (Å²) in [6.45, 7) is 3.25. The molecule has 0 spiro atoms. The molecular weight excluding hydrogens is 430 g/mol. The molecule has 2 heterocycles. The van der Waals surface area contributed by atoms with E-state index in [1.165, 1.54) is 4.57 Å². The number of likely N-dealkylation sites (tertiary alicyclic amines) is 1. The number of piperidine rings is 1. The molecule has 0 atom stereocenters. The van der Waals surface area contributed by atoms with Crippen LogP contribution in [0.25, 0.3) is 10.9 Å². The number of aromatic nitrogens is 2. The number of fused-ring (bicyclic) bond motifs is 1. The molecule has 3 aromatic rings. The Hall–Kier alpha value is -3.39. The molecule has 1 aliphatic rings. The van der Waals surface area contributed by atoms with Crippen molar-refractivity contribution in [1.29, 1.82) is 0 Å². The van der Waals surface area contributed by atoms with E-state index in [1.807, 2.05) is 13.0 Å². The Morgan fingerprint density at radius 3 is 2.47 bits per heavy atom. The number of hydrazine groups is 1. The van der Waals surface area contributed by atoms with Crippen molar-refractivity contribution in [2.45, 2.75) is 26.3 Å². The number of para-hydroxylation sites is 1. The second kappa shape index (κ2) is 9.40. The van der Waals surface area contributed by atoms with Crippen LogP contribution in [-0.4, -0.2) is 39.4 Å². The number of anilines is 1. The van der Waals surface area contributed by atoms with E-state index < -0.39 is 0 Å². The molecule has 0 radical (unpaired) electrons. The summed E-state index contributed by atoms with van der Waals surface area (Å²) in [5.74, 6) is -0.196. The maximum Gasteiger partial charge on any atom is 0.262 e. The number of hydrogen-bond donors (Lipinski definition) is 2. The van der Waals surface area contributed by atoms with E-state index in [4.69, 9.17) is 11.6 Å². The molecule has 9 heteroatoms. The molecule has 1 aliphatic heterocycles. The van der Waals surface area contributed by atoms with Gasteiger partial charge in [-0.3, -0.25) is 29.8 Å². The first kappa shape index (κ1) is 21.8. The summed E-state index contributed by atoms with van der Waals surface area (Å²) in [6, 6.07) is 13.9. The summed E-state index contributed by atoms with van der Waals surface area (Å²) >= 11 is 5.89. The zero-order chi connectivity index (χ0) is 22.7. The number of carbonyl (C=O) groups excluding carboxylic acids is 2. The number of benzene rings is 2. The van der Waals surface area contributed by atoms with Crippen molar-refractivity contribution < 1.29 is 9.59 Å². The smallest absolute Gasteiger partial charge is 0.262 e. The topological polar surface area (TPSA) is 96.3 Å². The van der Waals surface area contributed by atoms with Gasteiger partial charge in [-0.2, -0.15) is 0 Å². The average molecular weight is 454 g/mol. The largest absolute Gasteiger partial charge is 0.339 e. The first-order chi connectivity index (χ1) is 15.5. The molecule has 0 aliphatic carbocycles. The van der Waals surface area contributed by atoms with E-state index in [-0.39, 0.29) is 23.3 Å². The van der Waals surface area contributed by atoms with E-state index in [1.54, 1.807) is 47.4 Å². The number of amides is 2. The second-order valence-corrected chi connectivity index (χ2v) is 8.13. The van der Waals surface area contributed by atoms with Gasteiger partial charge in [-0.1, -0.05) is 23.7 Å². The van der Waals surface area contributed by atoms with Gasteiger partial charge in [-0.15, -0.1) is 0 Å². The van der Waals surface area contributed by atoms with Crippen molar-refractivity contribution in [3.63, 3.8) is 0 Å². The Bertz CT molecular complexity index is 1200. The zero-order valence-corrected chi connectivity index (χ0v) is 18.4. The maximum absolute atomic E-state index is 12.7. The third-order valence-corrected chi connectivity index (χ3v) is 5.97. The standard InChI is InChI=1S/C23H24ClN5O3/c1-2-29-22(32)18-5-3-4-6-19(18)25-23(29)27-26-20(30)15-11-13-28(14-12-15)21(31)16-7-9-17(24)10-8-16/h3-10,15H,2,11-14H2,1H3,(H,25,27)(H,26,30). The van der Waals surface area contributed by atoms with Crippen LogP contribution in [-0.2, 0) is 11.3 Å². The predicted molar refractivity (Wildman–Crippen MR) is 124 cm³/mol. The molecule has 1 aromatic heterocycles. The first-order valence-corrected chi connectivity index (χ1v) is 11.0. The first-order valence-electron chi connectivity index (χ1n) is 10.6. The molecule has 4 rings (SSSR count). The van der Waals surface area contributed by atoms with Gasteiger partial charge in [0.05, 0.1) is 10.9 Å². The van der Waals surface area contributed by atoms with Crippen LogP contribution < -0.4 is 16.4 Å². The van der Waals surface area contributed by atoms with E-state index in [9.17, 15) is 14.4 Å². The van der Waals surface area contributed by atoms with E-state index in [0.29, 0.717) is 59.9 Å². The van der Waals surface area contributed by atoms with E-state index in [2.05, 4.69) is 15.8 Å². The highest BCUT2D eigenvalue weighted by Crippen LogP contribution is 2.20. The lowest BCUT2D eigenvalue weighted by Crippen LogP contribution is -2.44. The summed E-state index contributed by atoms with van der Waals surface area (Å²) < 4.78 is 1.48. The van der Waals surface area contributed by atoms with Crippen molar-refractivity contribution in [2.24, 2.45) is 5.92 Å². The maximum atomic E-state index is 12.7. The van der Waals surface area contributed by atoms with E-state index >= 15 is 0 Å². The van der Waals surface area contributed by atoms with Crippen molar-refractivity contribution >= 4 is 40.3 Å². The van der Waals surface area contributed by atoms with Crippen LogP contribution in [0.3, 0.4) is 0 Å². The molecule has 0 saturated carbocycles. The Kier molecular flexibility index (Phi) is 6.41. The summed E-state index contributed by atoms with van der Waals surface area (Å²) in [6.07, 6.45) is 1.11. The van der Waals surface area contributed by atoms with Crippen LogP contribution in [0.15, 0.2) is 53.3 Å². The molecule has 8 nitrogen and oxygen atoms in total. The minimum absolute atomic E-state index is 0.0639. The Balaban J connectivity index is 1.37. The lowest BCUT2D eigenvalue weighted by Gasteiger charge is -2.31. The molecule has 2 N–H and O–H groups in total. The van der Waals surface area contributed by atoms with Crippen molar-refractivity contribution in [3.05, 3.63) is 69.5 Å². The highest BCUT2D eigenvalue weighted by molar-refractivity contribution is 6.30. The highest BCUT2D eigenvalue weighted by atomic mass is 35.5. The van der Waals surface area contributed by atoms with Gasteiger partial charge in [-0.05, 0) is 56.2 Å². The van der Waals surface area contributed by atoms with Crippen LogP contribution >= 0.6 is 11.6 Å². The van der Waals surface area contributed by atoms with Gasteiger partial charge >= 0.3 is 0 Å². The molecule has 0 unspecified atom stereocenters. The van der Waals surface area contributed by atoms with Crippen LogP contribution in [0.5, 0.6) is 0 Å². The second-order valence-electron chi connectivity index (χ2n) is 7.69. The summed E-state index contributed by atoms with van der Waals surface area (Å²) in [7, 11) is 0. The van der Waals surface area contributed by atoms with Gasteiger partial charge in [0, 0.05) is 36.1 Å². The average Bonchev–Trinajstić information content (AvgIpc) is 2.83. The third-order valence-electron chi connectivity index (χ3n) is 5.72. The number of rotatable bonds is 5. The SMILES string of the molecule is CCn1c(NNC(=O)C2CCN(C(=O)c3ccc(Cl)cc3)CC2)nc2ccccc2c1=O. The predicted octanol–water partition coefficient (Wildman–Crippen LogP) is 3.07. The monoisotopic (exact) mass is 453 g/mol. The molecule has 1 saturated heterocycles. The fraction of sp³-hybridized carbons (Fsp3) is 0.304. The number of halogens is 1. The third kappa shape index (κ3) is 4.45. The zero-order valence-electron chi connectivity index (χ0n) is 17.7. The minimum Gasteiger partial charge on any atom is -0.339 e. The fourth-order valence-electron chi connectivity index (χ4n) is 3.90. The van der Waals surface area contributed by atoms with Gasteiger partial charge in [0.25, 0.3) is 11.5 Å². The normalized spacial score (nSPS) is 14.4. The van der Waals surface area contributed by atoms with Crippen molar-refractivity contribution in [1.82, 2.24) is 19.9 Å². The highest BCUT2D eigenvalue weighted by Gasteiger charge is 2.28. The Labute approximate surface area is 190 Å². The van der Waals surface area contributed by atoms with Crippen molar-refractivity contribution in [3.8, 4) is 0 Å². The van der Waals surface area contributed by atoms with Crippen LogP contribution in [0.4, 0.5) is 5.95 Å². The quantitative estimate of drug-likeness (QED) is 0.579. The molecule has 0 bridgehead atoms. The Morgan fingerprint density at radius 2 is 1.78 bits per heavy atom. The van der Waals surface area contributed by atoms with E-state index in [0.717, 1.165) is 0 Å². The molecular formula is C23H24ClN5O3. The lowest BCUT2D eigenvalue weighted by atomic mass is 9.95. The molecule has 166 valence electrons. The fourth-order valence-corrected chi connectivity index (χ4v) is 4.02. The number of hydrogen-bond acceptors (Lipinski definition) is 5. The van der Waals surface area contributed by atoms with Crippen LogP contribution in [0.2, 0.25) is 5.02 Å². The summed E-state index contributed by atoms with van der Waals surface area (Å²) in [5.41, 5.74) is 6.49. The van der Waals surface area contributed by atoms with Gasteiger partial charge in [0.15, 0.2) is 0 Å². The lowest BCUT2D eigenvalue weighted by molar-refractivity contribution is -0.125. The molecule has 2 amide bonds. The summed E-state index contributed by atoms with van der Waals surface area (Å²) in [5, 5.41) is 1.11.